The molecule has 0 unspecified atom stereocenters. The third-order valence-electron chi connectivity index (χ3n) is 2.69. The average molecular weight is 245 g/mol. The van der Waals surface area contributed by atoms with Gasteiger partial charge in [-0.15, -0.1) is 0 Å². The summed E-state index contributed by atoms with van der Waals surface area (Å²) in [6.45, 7) is 0. The summed E-state index contributed by atoms with van der Waals surface area (Å²) in [5.74, 6) is -1.00. The lowest BCUT2D eigenvalue weighted by molar-refractivity contribution is 0.603. The second kappa shape index (κ2) is 3.80. The van der Waals surface area contributed by atoms with Gasteiger partial charge in [-0.1, -0.05) is 0 Å². The van der Waals surface area contributed by atoms with Gasteiger partial charge in [0.2, 0.25) is 0 Å². The van der Waals surface area contributed by atoms with Crippen LogP contribution >= 0.6 is 0 Å². The smallest absolute Gasteiger partial charge is 0.139 e. The van der Waals surface area contributed by atoms with Crippen LogP contribution < -0.4 is 5.73 Å². The topological polar surface area (TPSA) is 43.3 Å². The molecule has 90 valence electrons. The molecule has 1 aromatic carbocycles. The lowest BCUT2D eigenvalue weighted by Crippen LogP contribution is -1.87. The van der Waals surface area contributed by atoms with Crippen molar-refractivity contribution in [3.63, 3.8) is 0 Å². The van der Waals surface area contributed by atoms with Crippen LogP contribution in [0.1, 0.15) is 0 Å². The van der Waals surface area contributed by atoms with Gasteiger partial charge in [0.15, 0.2) is 0 Å². The molecule has 0 atom stereocenters. The van der Waals surface area contributed by atoms with E-state index in [1.165, 1.54) is 0 Å². The van der Waals surface area contributed by atoms with Gasteiger partial charge in [-0.05, 0) is 24.3 Å². The molecule has 2 heterocycles. The number of nitrogens with zero attached hydrogens (tertiary/aromatic N) is 2. The number of fused-ring (bicyclic) bond motifs is 1. The minimum absolute atomic E-state index is 0.136. The highest BCUT2D eigenvalue weighted by Gasteiger charge is 2.10. The number of hydrogen-bond donors (Lipinski definition) is 1. The second-order valence-electron chi connectivity index (χ2n) is 3.98. The van der Waals surface area contributed by atoms with E-state index in [0.717, 1.165) is 18.2 Å². The largest absolute Gasteiger partial charge is 0.399 e. The van der Waals surface area contributed by atoms with E-state index in [0.29, 0.717) is 17.0 Å². The quantitative estimate of drug-likeness (QED) is 0.716. The van der Waals surface area contributed by atoms with Crippen LogP contribution in [-0.2, 0) is 0 Å². The molecule has 3 rings (SSSR count). The highest BCUT2D eigenvalue weighted by molar-refractivity contribution is 5.65. The van der Waals surface area contributed by atoms with Crippen LogP contribution in [-0.4, -0.2) is 9.38 Å². The molecule has 0 fully saturated rings. The van der Waals surface area contributed by atoms with Gasteiger partial charge in [0.1, 0.15) is 17.3 Å². The molecule has 0 saturated carbocycles. The predicted molar refractivity (Wildman–Crippen MR) is 65.0 cm³/mol. The van der Waals surface area contributed by atoms with E-state index in [9.17, 15) is 8.78 Å². The zero-order valence-electron chi connectivity index (χ0n) is 9.27. The van der Waals surface area contributed by atoms with Crippen molar-refractivity contribution in [2.75, 3.05) is 5.73 Å². The minimum Gasteiger partial charge on any atom is -0.399 e. The summed E-state index contributed by atoms with van der Waals surface area (Å²) in [6, 6.07) is 6.66. The Kier molecular flexibility index (Phi) is 2.26. The minimum atomic E-state index is -0.507. The summed E-state index contributed by atoms with van der Waals surface area (Å²) in [5, 5.41) is 0. The fraction of sp³-hybridized carbons (Fsp3) is 0. The molecule has 0 spiro atoms. The standard InChI is InChI=1S/C13H9F2N3/c14-8-1-2-11(15)10(5-8)12-7-18-4-3-9(16)6-13(18)17-12/h1-7H,16H2. The summed E-state index contributed by atoms with van der Waals surface area (Å²) < 4.78 is 28.5. The van der Waals surface area contributed by atoms with Crippen LogP contribution in [0.5, 0.6) is 0 Å². The third-order valence-corrected chi connectivity index (χ3v) is 2.69. The van der Waals surface area contributed by atoms with Crippen molar-refractivity contribution >= 4 is 11.3 Å². The van der Waals surface area contributed by atoms with Gasteiger partial charge in [0.25, 0.3) is 0 Å². The van der Waals surface area contributed by atoms with Crippen LogP contribution in [0.25, 0.3) is 16.9 Å². The van der Waals surface area contributed by atoms with Gasteiger partial charge in [-0.25, -0.2) is 13.8 Å². The molecular weight excluding hydrogens is 236 g/mol. The zero-order chi connectivity index (χ0) is 12.7. The number of pyridine rings is 1. The third kappa shape index (κ3) is 1.69. The number of anilines is 1. The van der Waals surface area contributed by atoms with Crippen molar-refractivity contribution in [3.8, 4) is 11.3 Å². The maximum absolute atomic E-state index is 13.6. The number of halogens is 2. The number of benzene rings is 1. The fourth-order valence-electron chi connectivity index (χ4n) is 1.82. The molecule has 0 radical (unpaired) electrons. The molecule has 0 bridgehead atoms. The number of hydrogen-bond acceptors (Lipinski definition) is 2. The predicted octanol–water partition coefficient (Wildman–Crippen LogP) is 2.86. The molecule has 2 aromatic heterocycles. The van der Waals surface area contributed by atoms with Crippen molar-refractivity contribution in [3.05, 3.63) is 54.4 Å². The van der Waals surface area contributed by atoms with E-state index < -0.39 is 11.6 Å². The van der Waals surface area contributed by atoms with Gasteiger partial charge >= 0.3 is 0 Å². The Morgan fingerprint density at radius 2 is 1.94 bits per heavy atom. The van der Waals surface area contributed by atoms with Gasteiger partial charge in [-0.2, -0.15) is 0 Å². The van der Waals surface area contributed by atoms with Crippen LogP contribution in [0.15, 0.2) is 42.7 Å². The lowest BCUT2D eigenvalue weighted by atomic mass is 10.1. The molecule has 0 saturated heterocycles. The van der Waals surface area contributed by atoms with Crippen LogP contribution in [0.2, 0.25) is 0 Å². The van der Waals surface area contributed by atoms with E-state index in [1.807, 2.05) is 0 Å². The SMILES string of the molecule is Nc1ccn2cc(-c3cc(F)ccc3F)nc2c1. The Labute approximate surface area is 101 Å². The van der Waals surface area contributed by atoms with Gasteiger partial charge in [0, 0.05) is 29.7 Å². The summed E-state index contributed by atoms with van der Waals surface area (Å²) >= 11 is 0. The number of nitrogens with two attached hydrogens (primary N) is 1. The van der Waals surface area contributed by atoms with E-state index in [2.05, 4.69) is 4.98 Å². The first kappa shape index (κ1) is 10.7. The number of rotatable bonds is 1. The second-order valence-corrected chi connectivity index (χ2v) is 3.98. The number of aromatic nitrogens is 2. The highest BCUT2D eigenvalue weighted by atomic mass is 19.1. The van der Waals surface area contributed by atoms with E-state index in [1.54, 1.807) is 28.9 Å². The Balaban J connectivity index is 2.22. The van der Waals surface area contributed by atoms with Crippen molar-refractivity contribution in [2.24, 2.45) is 0 Å². The zero-order valence-corrected chi connectivity index (χ0v) is 9.27. The van der Waals surface area contributed by atoms with E-state index in [4.69, 9.17) is 5.73 Å². The molecule has 0 aliphatic rings. The summed E-state index contributed by atoms with van der Waals surface area (Å²) in [6.07, 6.45) is 3.35. The Hall–Kier alpha value is -2.43. The van der Waals surface area contributed by atoms with Crippen LogP contribution in [0, 0.1) is 11.6 Å². The first-order valence-corrected chi connectivity index (χ1v) is 5.33. The fourth-order valence-corrected chi connectivity index (χ4v) is 1.82. The van der Waals surface area contributed by atoms with Crippen LogP contribution in [0.3, 0.4) is 0 Å². The number of nitrogen functional groups attached to an aromatic ring is 1. The molecule has 3 nitrogen and oxygen atoms in total. The highest BCUT2D eigenvalue weighted by Crippen LogP contribution is 2.23. The maximum Gasteiger partial charge on any atom is 0.139 e. The lowest BCUT2D eigenvalue weighted by Gasteiger charge is -1.98. The van der Waals surface area contributed by atoms with E-state index >= 15 is 0 Å². The van der Waals surface area contributed by atoms with Gasteiger partial charge < -0.3 is 10.1 Å². The number of imidazole rings is 1. The van der Waals surface area contributed by atoms with Gasteiger partial charge in [0.05, 0.1) is 5.69 Å². The van der Waals surface area contributed by atoms with Crippen molar-refractivity contribution < 1.29 is 8.78 Å². The van der Waals surface area contributed by atoms with Crippen molar-refractivity contribution in [1.82, 2.24) is 9.38 Å². The maximum atomic E-state index is 13.6. The van der Waals surface area contributed by atoms with Crippen LogP contribution in [0.4, 0.5) is 14.5 Å². The average Bonchev–Trinajstić information content (AvgIpc) is 2.74. The Morgan fingerprint density at radius 3 is 2.78 bits per heavy atom. The summed E-state index contributed by atoms with van der Waals surface area (Å²) in [7, 11) is 0. The van der Waals surface area contributed by atoms with Crippen molar-refractivity contribution in [2.45, 2.75) is 0 Å². The summed E-state index contributed by atoms with van der Waals surface area (Å²) in [5.41, 5.74) is 7.31. The molecule has 0 aliphatic heterocycles. The normalized spacial score (nSPS) is 11.0. The monoisotopic (exact) mass is 245 g/mol. The molecule has 2 N–H and O–H groups in total. The Morgan fingerprint density at radius 1 is 1.11 bits per heavy atom. The molecule has 0 aliphatic carbocycles. The molecule has 18 heavy (non-hydrogen) atoms. The van der Waals surface area contributed by atoms with E-state index in [-0.39, 0.29) is 5.56 Å². The molecule has 3 aromatic rings. The molecule has 0 amide bonds. The first-order valence-electron chi connectivity index (χ1n) is 5.33. The summed E-state index contributed by atoms with van der Waals surface area (Å²) in [4.78, 5) is 4.22. The first-order chi connectivity index (χ1) is 8.63. The van der Waals surface area contributed by atoms with Crippen molar-refractivity contribution in [1.29, 1.82) is 0 Å². The molecular formula is C13H9F2N3. The molecule has 5 heteroatoms. The van der Waals surface area contributed by atoms with Gasteiger partial charge in [-0.3, -0.25) is 0 Å². The Bertz CT molecular complexity index is 734.